The van der Waals surface area contributed by atoms with Crippen molar-refractivity contribution in [1.29, 1.82) is 0 Å². The van der Waals surface area contributed by atoms with Crippen LogP contribution in [0, 0.1) is 5.82 Å². The Bertz CT molecular complexity index is 718. The normalized spacial score (nSPS) is 15.9. The molecular weight excluding hydrogens is 319 g/mol. The number of carbonyl (C=O) groups excluding carboxylic acids is 1. The van der Waals surface area contributed by atoms with Crippen molar-refractivity contribution in [2.24, 2.45) is 5.73 Å². The summed E-state index contributed by atoms with van der Waals surface area (Å²) in [5.74, 6) is -0.515. The van der Waals surface area contributed by atoms with Crippen LogP contribution in [0.5, 0.6) is 0 Å². The fraction of sp³-hybridized carbons (Fsp3) is 0.235. The van der Waals surface area contributed by atoms with E-state index in [-0.39, 0.29) is 24.7 Å². The smallest absolute Gasteiger partial charge is 0.410 e. The highest BCUT2D eigenvalue weighted by molar-refractivity contribution is 6.30. The van der Waals surface area contributed by atoms with Crippen LogP contribution in [0.3, 0.4) is 0 Å². The number of amides is 1. The van der Waals surface area contributed by atoms with Crippen LogP contribution < -0.4 is 5.73 Å². The van der Waals surface area contributed by atoms with Gasteiger partial charge in [0.1, 0.15) is 12.4 Å². The van der Waals surface area contributed by atoms with Gasteiger partial charge in [-0.15, -0.1) is 0 Å². The van der Waals surface area contributed by atoms with E-state index in [1.165, 1.54) is 17.0 Å². The van der Waals surface area contributed by atoms with Gasteiger partial charge in [-0.1, -0.05) is 48.0 Å². The first-order chi connectivity index (χ1) is 11.0. The third-order valence-electron chi connectivity index (χ3n) is 3.90. The molecule has 0 saturated carbocycles. The molecule has 120 valence electrons. The third kappa shape index (κ3) is 3.30. The van der Waals surface area contributed by atoms with Crippen LogP contribution in [-0.4, -0.2) is 24.1 Å². The molecule has 1 amide bonds. The molecule has 2 aromatic rings. The summed E-state index contributed by atoms with van der Waals surface area (Å²) in [5.41, 5.74) is 6.99. The van der Waals surface area contributed by atoms with Crippen molar-refractivity contribution in [3.63, 3.8) is 0 Å². The predicted molar refractivity (Wildman–Crippen MR) is 85.5 cm³/mol. The van der Waals surface area contributed by atoms with E-state index in [1.807, 2.05) is 30.3 Å². The molecule has 1 fully saturated rings. The van der Waals surface area contributed by atoms with E-state index < -0.39 is 17.4 Å². The standard InChI is InChI=1S/C17H16ClFN2O2/c18-14-7-6-13(8-15(14)19)17(20)10-21(11-17)16(22)23-9-12-4-2-1-3-5-12/h1-8H,9-11,20H2. The summed E-state index contributed by atoms with van der Waals surface area (Å²) in [7, 11) is 0. The summed E-state index contributed by atoms with van der Waals surface area (Å²) in [6, 6.07) is 13.9. The van der Waals surface area contributed by atoms with Crippen molar-refractivity contribution in [3.05, 3.63) is 70.5 Å². The molecular formula is C17H16ClFN2O2. The van der Waals surface area contributed by atoms with Gasteiger partial charge in [-0.2, -0.15) is 0 Å². The Morgan fingerprint density at radius 2 is 1.96 bits per heavy atom. The van der Waals surface area contributed by atoms with Gasteiger partial charge in [0.15, 0.2) is 0 Å². The quantitative estimate of drug-likeness (QED) is 0.937. The summed E-state index contributed by atoms with van der Waals surface area (Å²) in [4.78, 5) is 13.5. The van der Waals surface area contributed by atoms with E-state index in [9.17, 15) is 9.18 Å². The Morgan fingerprint density at radius 1 is 1.26 bits per heavy atom. The number of nitrogens with two attached hydrogens (primary N) is 1. The fourth-order valence-electron chi connectivity index (χ4n) is 2.56. The molecule has 6 heteroatoms. The summed E-state index contributed by atoms with van der Waals surface area (Å²) < 4.78 is 18.8. The fourth-order valence-corrected chi connectivity index (χ4v) is 2.68. The summed E-state index contributed by atoms with van der Waals surface area (Å²) in [6.07, 6.45) is -0.427. The largest absolute Gasteiger partial charge is 0.445 e. The van der Waals surface area contributed by atoms with Crippen molar-refractivity contribution in [2.75, 3.05) is 13.1 Å². The van der Waals surface area contributed by atoms with Crippen molar-refractivity contribution in [2.45, 2.75) is 12.1 Å². The van der Waals surface area contributed by atoms with Gasteiger partial charge in [0.05, 0.1) is 10.6 Å². The lowest BCUT2D eigenvalue weighted by Gasteiger charge is -2.47. The van der Waals surface area contributed by atoms with E-state index >= 15 is 0 Å². The molecule has 0 aliphatic carbocycles. The molecule has 2 N–H and O–H groups in total. The maximum atomic E-state index is 13.5. The lowest BCUT2D eigenvalue weighted by molar-refractivity contribution is 0.0352. The lowest BCUT2D eigenvalue weighted by atomic mass is 9.84. The van der Waals surface area contributed by atoms with Crippen LogP contribution in [-0.2, 0) is 16.9 Å². The van der Waals surface area contributed by atoms with Crippen molar-refractivity contribution in [1.82, 2.24) is 4.90 Å². The Balaban J connectivity index is 1.57. The first-order valence-corrected chi connectivity index (χ1v) is 7.56. The topological polar surface area (TPSA) is 55.6 Å². The zero-order chi connectivity index (χ0) is 16.4. The molecule has 0 bridgehead atoms. The Morgan fingerprint density at radius 3 is 2.61 bits per heavy atom. The molecule has 1 saturated heterocycles. The highest BCUT2D eigenvalue weighted by atomic mass is 35.5. The molecule has 0 unspecified atom stereocenters. The first kappa shape index (κ1) is 15.8. The molecule has 2 aromatic carbocycles. The van der Waals surface area contributed by atoms with Crippen molar-refractivity contribution >= 4 is 17.7 Å². The van der Waals surface area contributed by atoms with Crippen molar-refractivity contribution < 1.29 is 13.9 Å². The molecule has 4 nitrogen and oxygen atoms in total. The molecule has 0 atom stereocenters. The van der Waals surface area contributed by atoms with E-state index in [1.54, 1.807) is 6.07 Å². The highest BCUT2D eigenvalue weighted by Crippen LogP contribution is 2.31. The Labute approximate surface area is 138 Å². The maximum Gasteiger partial charge on any atom is 0.410 e. The molecule has 3 rings (SSSR count). The number of likely N-dealkylation sites (tertiary alicyclic amines) is 1. The molecule has 1 aliphatic heterocycles. The second-order valence-corrected chi connectivity index (χ2v) is 6.09. The molecule has 0 aromatic heterocycles. The second-order valence-electron chi connectivity index (χ2n) is 5.68. The van der Waals surface area contributed by atoms with Gasteiger partial charge < -0.3 is 15.4 Å². The van der Waals surface area contributed by atoms with E-state index in [0.717, 1.165) is 5.56 Å². The third-order valence-corrected chi connectivity index (χ3v) is 4.21. The minimum atomic E-state index is -0.767. The SMILES string of the molecule is NC1(c2ccc(Cl)c(F)c2)CN(C(=O)OCc2ccccc2)C1. The number of rotatable bonds is 3. The summed E-state index contributed by atoms with van der Waals surface area (Å²) >= 11 is 5.67. The Kier molecular flexibility index (Phi) is 4.24. The zero-order valence-electron chi connectivity index (χ0n) is 12.3. The minimum absolute atomic E-state index is 0.0517. The molecule has 0 spiro atoms. The van der Waals surface area contributed by atoms with Crippen LogP contribution in [0.1, 0.15) is 11.1 Å². The van der Waals surface area contributed by atoms with Gasteiger partial charge in [0.25, 0.3) is 0 Å². The number of hydrogen-bond acceptors (Lipinski definition) is 3. The second kappa shape index (κ2) is 6.18. The number of benzene rings is 2. The first-order valence-electron chi connectivity index (χ1n) is 7.18. The minimum Gasteiger partial charge on any atom is -0.445 e. The van der Waals surface area contributed by atoms with Gasteiger partial charge in [0, 0.05) is 13.1 Å². The monoisotopic (exact) mass is 334 g/mol. The number of hydrogen-bond donors (Lipinski definition) is 1. The van der Waals surface area contributed by atoms with Crippen molar-refractivity contribution in [3.8, 4) is 0 Å². The molecule has 23 heavy (non-hydrogen) atoms. The molecule has 1 heterocycles. The summed E-state index contributed by atoms with van der Waals surface area (Å²) in [5, 5.41) is 0.0517. The van der Waals surface area contributed by atoms with Crippen LogP contribution in [0.2, 0.25) is 5.02 Å². The Hall–Kier alpha value is -2.11. The average Bonchev–Trinajstić information content (AvgIpc) is 2.53. The highest BCUT2D eigenvalue weighted by Gasteiger charge is 2.44. The number of halogens is 2. The van der Waals surface area contributed by atoms with E-state index in [0.29, 0.717) is 5.56 Å². The van der Waals surface area contributed by atoms with Crippen LogP contribution in [0.25, 0.3) is 0 Å². The van der Waals surface area contributed by atoms with Crippen LogP contribution >= 0.6 is 11.6 Å². The van der Waals surface area contributed by atoms with Gasteiger partial charge in [0.2, 0.25) is 0 Å². The summed E-state index contributed by atoms with van der Waals surface area (Å²) in [6.45, 7) is 0.771. The van der Waals surface area contributed by atoms with Crippen LogP contribution in [0.4, 0.5) is 9.18 Å². The van der Waals surface area contributed by atoms with Gasteiger partial charge in [-0.3, -0.25) is 0 Å². The van der Waals surface area contributed by atoms with Gasteiger partial charge >= 0.3 is 6.09 Å². The maximum absolute atomic E-state index is 13.5. The predicted octanol–water partition coefficient (Wildman–Crippen LogP) is 3.29. The molecule has 1 aliphatic rings. The van der Waals surface area contributed by atoms with Gasteiger partial charge in [-0.25, -0.2) is 9.18 Å². The van der Waals surface area contributed by atoms with Crippen LogP contribution in [0.15, 0.2) is 48.5 Å². The van der Waals surface area contributed by atoms with E-state index in [2.05, 4.69) is 0 Å². The number of carbonyl (C=O) groups is 1. The zero-order valence-corrected chi connectivity index (χ0v) is 13.1. The van der Waals surface area contributed by atoms with E-state index in [4.69, 9.17) is 22.1 Å². The number of nitrogens with zero attached hydrogens (tertiary/aromatic N) is 1. The molecule has 0 radical (unpaired) electrons. The average molecular weight is 335 g/mol. The number of ether oxygens (including phenoxy) is 1. The van der Waals surface area contributed by atoms with Gasteiger partial charge in [-0.05, 0) is 23.3 Å². The lowest BCUT2D eigenvalue weighted by Crippen LogP contribution is -2.66.